The standard InChI is InChI=1S/C22H22.C2H6.2C2H2/c1-2-21(18-12-6-3-7-13-18)22(19-14-8-4-9-15-19)20-16-10-5-11-17-20;3*1-2/h3-17,21-22H,2H2,1H3;1-2H3;2*1-2H. The molecule has 0 aliphatic heterocycles. The predicted octanol–water partition coefficient (Wildman–Crippen LogP) is 7.54. The van der Waals surface area contributed by atoms with Gasteiger partial charge in [-0.2, -0.15) is 0 Å². The molecule has 1 unspecified atom stereocenters. The zero-order valence-corrected chi connectivity index (χ0v) is 17.3. The van der Waals surface area contributed by atoms with E-state index >= 15 is 0 Å². The number of hydrogen-bond acceptors (Lipinski definition) is 0. The minimum absolute atomic E-state index is 0.398. The van der Waals surface area contributed by atoms with Crippen LogP contribution >= 0.6 is 0 Å². The van der Waals surface area contributed by atoms with Crippen LogP contribution in [0, 0.1) is 25.7 Å². The van der Waals surface area contributed by atoms with Gasteiger partial charge < -0.3 is 0 Å². The van der Waals surface area contributed by atoms with Gasteiger partial charge in [-0.1, -0.05) is 112 Å². The molecule has 0 saturated carbocycles. The van der Waals surface area contributed by atoms with Crippen LogP contribution in [0.4, 0.5) is 0 Å². The fourth-order valence-electron chi connectivity index (χ4n) is 3.34. The van der Waals surface area contributed by atoms with E-state index in [2.05, 4.69) is 124 Å². The second-order valence-electron chi connectivity index (χ2n) is 5.72. The molecule has 0 amide bonds. The Kier molecular flexibility index (Phi) is 14.2. The topological polar surface area (TPSA) is 0 Å². The quantitative estimate of drug-likeness (QED) is 0.408. The van der Waals surface area contributed by atoms with E-state index in [0.717, 1.165) is 6.42 Å². The summed E-state index contributed by atoms with van der Waals surface area (Å²) in [6, 6.07) is 32.7. The highest BCUT2D eigenvalue weighted by Crippen LogP contribution is 2.40. The van der Waals surface area contributed by atoms with Crippen LogP contribution in [0.3, 0.4) is 0 Å². The van der Waals surface area contributed by atoms with E-state index in [0.29, 0.717) is 11.8 Å². The Hall–Kier alpha value is -3.22. The lowest BCUT2D eigenvalue weighted by molar-refractivity contribution is 0.586. The molecule has 3 rings (SSSR count). The van der Waals surface area contributed by atoms with Crippen molar-refractivity contribution in [3.05, 3.63) is 108 Å². The Bertz CT molecular complexity index is 706. The number of terminal acetylenes is 2. The highest BCUT2D eigenvalue weighted by molar-refractivity contribution is 5.38. The van der Waals surface area contributed by atoms with Crippen LogP contribution in [-0.4, -0.2) is 0 Å². The van der Waals surface area contributed by atoms with Crippen molar-refractivity contribution in [3.63, 3.8) is 0 Å². The molecule has 0 radical (unpaired) electrons. The first-order chi connectivity index (χ1) is 13.9. The van der Waals surface area contributed by atoms with Gasteiger partial charge in [0, 0.05) is 5.92 Å². The molecule has 144 valence electrons. The molecule has 0 heterocycles. The van der Waals surface area contributed by atoms with Gasteiger partial charge in [0.25, 0.3) is 0 Å². The average molecular weight is 369 g/mol. The van der Waals surface area contributed by atoms with Crippen LogP contribution in [0.15, 0.2) is 91.0 Å². The molecule has 0 N–H and O–H groups in total. The van der Waals surface area contributed by atoms with Crippen molar-refractivity contribution < 1.29 is 0 Å². The highest BCUT2D eigenvalue weighted by atomic mass is 14.3. The molecular weight excluding hydrogens is 336 g/mol. The van der Waals surface area contributed by atoms with E-state index in [9.17, 15) is 0 Å². The Morgan fingerprint density at radius 3 is 1.11 bits per heavy atom. The summed E-state index contributed by atoms with van der Waals surface area (Å²) in [4.78, 5) is 0. The predicted molar refractivity (Wildman–Crippen MR) is 125 cm³/mol. The lowest BCUT2D eigenvalue weighted by atomic mass is 9.76. The average Bonchev–Trinajstić information content (AvgIpc) is 2.83. The molecule has 0 aliphatic rings. The number of benzene rings is 3. The molecule has 28 heavy (non-hydrogen) atoms. The molecule has 0 spiro atoms. The van der Waals surface area contributed by atoms with E-state index in [1.807, 2.05) is 13.8 Å². The maximum atomic E-state index is 4.00. The lowest BCUT2D eigenvalue weighted by Crippen LogP contribution is -2.12. The largest absolute Gasteiger partial charge is 0.124 e. The van der Waals surface area contributed by atoms with Crippen LogP contribution in [0.25, 0.3) is 0 Å². The third kappa shape index (κ3) is 7.19. The molecule has 0 saturated heterocycles. The molecule has 0 heteroatoms. The van der Waals surface area contributed by atoms with Gasteiger partial charge in [-0.15, -0.1) is 25.7 Å². The summed E-state index contributed by atoms with van der Waals surface area (Å²) < 4.78 is 0. The summed E-state index contributed by atoms with van der Waals surface area (Å²) >= 11 is 0. The maximum absolute atomic E-state index is 4.00. The number of hydrogen-bond donors (Lipinski definition) is 0. The molecule has 3 aromatic rings. The second kappa shape index (κ2) is 16.0. The Morgan fingerprint density at radius 1 is 0.536 bits per heavy atom. The van der Waals surface area contributed by atoms with Gasteiger partial charge in [0.2, 0.25) is 0 Å². The highest BCUT2D eigenvalue weighted by Gasteiger charge is 2.24. The van der Waals surface area contributed by atoms with Gasteiger partial charge in [-0.25, -0.2) is 0 Å². The van der Waals surface area contributed by atoms with Gasteiger partial charge >= 0.3 is 0 Å². The van der Waals surface area contributed by atoms with Crippen molar-refractivity contribution in [2.75, 3.05) is 0 Å². The molecule has 0 aromatic heterocycles. The van der Waals surface area contributed by atoms with E-state index in [-0.39, 0.29) is 0 Å². The van der Waals surface area contributed by atoms with Crippen molar-refractivity contribution >= 4 is 0 Å². The molecular formula is C28H32. The lowest BCUT2D eigenvalue weighted by Gasteiger charge is -2.28. The van der Waals surface area contributed by atoms with Crippen molar-refractivity contribution in [2.45, 2.75) is 39.0 Å². The van der Waals surface area contributed by atoms with Crippen LogP contribution in [0.2, 0.25) is 0 Å². The van der Waals surface area contributed by atoms with Crippen molar-refractivity contribution in [3.8, 4) is 25.7 Å². The minimum atomic E-state index is 0.398. The van der Waals surface area contributed by atoms with E-state index in [4.69, 9.17) is 0 Å². The van der Waals surface area contributed by atoms with Gasteiger partial charge in [-0.3, -0.25) is 0 Å². The second-order valence-corrected chi connectivity index (χ2v) is 5.72. The summed E-state index contributed by atoms with van der Waals surface area (Å²) in [5, 5.41) is 0. The first kappa shape index (κ1) is 24.8. The first-order valence-electron chi connectivity index (χ1n) is 9.71. The van der Waals surface area contributed by atoms with Crippen LogP contribution in [-0.2, 0) is 0 Å². The SMILES string of the molecule is C#C.C#C.CC.CCC(c1ccccc1)C(c1ccccc1)c1ccccc1. The minimum Gasteiger partial charge on any atom is -0.124 e. The monoisotopic (exact) mass is 368 g/mol. The van der Waals surface area contributed by atoms with Gasteiger partial charge in [0.15, 0.2) is 0 Å². The van der Waals surface area contributed by atoms with Gasteiger partial charge in [-0.05, 0) is 29.0 Å². The van der Waals surface area contributed by atoms with Crippen LogP contribution < -0.4 is 0 Å². The third-order valence-corrected chi connectivity index (χ3v) is 4.39. The molecule has 1 atom stereocenters. The molecule has 0 bridgehead atoms. The summed E-state index contributed by atoms with van der Waals surface area (Å²) in [6.45, 7) is 6.29. The molecule has 0 nitrogen and oxygen atoms in total. The summed E-state index contributed by atoms with van der Waals surface area (Å²) in [6.07, 6.45) is 17.1. The Labute approximate surface area is 172 Å². The zero-order chi connectivity index (χ0) is 21.2. The maximum Gasteiger partial charge on any atom is 0.0158 e. The van der Waals surface area contributed by atoms with E-state index in [1.54, 1.807) is 0 Å². The Morgan fingerprint density at radius 2 is 0.821 bits per heavy atom. The van der Waals surface area contributed by atoms with Crippen molar-refractivity contribution in [1.82, 2.24) is 0 Å². The summed E-state index contributed by atoms with van der Waals surface area (Å²) in [7, 11) is 0. The normalized spacial score (nSPS) is 10.0. The third-order valence-electron chi connectivity index (χ3n) is 4.39. The fourth-order valence-corrected chi connectivity index (χ4v) is 3.34. The molecule has 0 aliphatic carbocycles. The van der Waals surface area contributed by atoms with Crippen LogP contribution in [0.5, 0.6) is 0 Å². The zero-order valence-electron chi connectivity index (χ0n) is 17.3. The summed E-state index contributed by atoms with van der Waals surface area (Å²) in [5.74, 6) is 0.890. The fraction of sp³-hybridized carbons (Fsp3) is 0.214. The molecule has 3 aromatic carbocycles. The van der Waals surface area contributed by atoms with E-state index < -0.39 is 0 Å². The van der Waals surface area contributed by atoms with Gasteiger partial charge in [0.05, 0.1) is 0 Å². The van der Waals surface area contributed by atoms with Crippen molar-refractivity contribution in [2.24, 2.45) is 0 Å². The summed E-state index contributed by atoms with van der Waals surface area (Å²) in [5.41, 5.74) is 4.21. The van der Waals surface area contributed by atoms with E-state index in [1.165, 1.54) is 16.7 Å². The first-order valence-corrected chi connectivity index (χ1v) is 9.71. The molecule has 0 fully saturated rings. The number of rotatable bonds is 5. The van der Waals surface area contributed by atoms with Gasteiger partial charge in [0.1, 0.15) is 0 Å². The van der Waals surface area contributed by atoms with Crippen LogP contribution in [0.1, 0.15) is 55.7 Å². The van der Waals surface area contributed by atoms with Crippen molar-refractivity contribution in [1.29, 1.82) is 0 Å². The Balaban J connectivity index is 0.00000111. The smallest absolute Gasteiger partial charge is 0.0158 e.